The third kappa shape index (κ3) is 5.89. The van der Waals surface area contributed by atoms with Crippen molar-refractivity contribution < 1.29 is 19.0 Å². The number of unbranched alkanes of at least 4 members (excludes halogenated alkanes) is 1. The highest BCUT2D eigenvalue weighted by molar-refractivity contribution is 5.81. The van der Waals surface area contributed by atoms with Crippen LogP contribution in [0.15, 0.2) is 78.9 Å². The van der Waals surface area contributed by atoms with Gasteiger partial charge in [0.2, 0.25) is 5.91 Å². The number of methoxy groups -OCH3 is 2. The van der Waals surface area contributed by atoms with Gasteiger partial charge in [0.25, 0.3) is 0 Å². The Balaban J connectivity index is 1.55. The van der Waals surface area contributed by atoms with Crippen LogP contribution >= 0.6 is 0 Å². The van der Waals surface area contributed by atoms with Crippen molar-refractivity contribution >= 4 is 5.91 Å². The van der Waals surface area contributed by atoms with Gasteiger partial charge in [-0.3, -0.25) is 4.79 Å². The maximum atomic E-state index is 12.3. The summed E-state index contributed by atoms with van der Waals surface area (Å²) in [5.41, 5.74) is 2.26. The van der Waals surface area contributed by atoms with E-state index in [1.54, 1.807) is 14.2 Å². The van der Waals surface area contributed by atoms with Crippen LogP contribution in [0.4, 0.5) is 0 Å². The Morgan fingerprint density at radius 2 is 1.44 bits per heavy atom. The molecule has 0 aromatic heterocycles. The highest BCUT2D eigenvalue weighted by atomic mass is 16.5. The van der Waals surface area contributed by atoms with E-state index in [0.717, 1.165) is 60.4 Å². The zero-order valence-electron chi connectivity index (χ0n) is 21.2. The molecule has 0 saturated carbocycles. The number of carbonyl (C=O) groups is 1. The van der Waals surface area contributed by atoms with E-state index in [2.05, 4.69) is 47.0 Å². The molecule has 3 aromatic carbocycles. The molecule has 0 radical (unpaired) electrons. The third-order valence-electron chi connectivity index (χ3n) is 6.74. The Labute approximate surface area is 214 Å². The second-order valence-corrected chi connectivity index (χ2v) is 9.00. The Bertz CT molecular complexity index is 1030. The summed E-state index contributed by atoms with van der Waals surface area (Å²) >= 11 is 0. The fourth-order valence-corrected chi connectivity index (χ4v) is 4.77. The van der Waals surface area contributed by atoms with Crippen LogP contribution in [-0.2, 0) is 15.1 Å². The minimum absolute atomic E-state index is 0.0443. The zero-order valence-corrected chi connectivity index (χ0v) is 21.2. The van der Waals surface area contributed by atoms with E-state index < -0.39 is 5.60 Å². The molecule has 1 amide bonds. The van der Waals surface area contributed by atoms with Gasteiger partial charge in [-0.05, 0) is 73.2 Å². The van der Waals surface area contributed by atoms with Crippen LogP contribution in [0.2, 0.25) is 0 Å². The minimum Gasteiger partial charge on any atom is -0.497 e. The fourth-order valence-electron chi connectivity index (χ4n) is 4.77. The van der Waals surface area contributed by atoms with Gasteiger partial charge >= 0.3 is 0 Å². The third-order valence-corrected chi connectivity index (χ3v) is 6.74. The number of rotatable bonds is 12. The van der Waals surface area contributed by atoms with Crippen molar-refractivity contribution in [1.82, 2.24) is 10.6 Å². The molecule has 0 bridgehead atoms. The van der Waals surface area contributed by atoms with E-state index >= 15 is 0 Å². The summed E-state index contributed by atoms with van der Waals surface area (Å²) < 4.78 is 17.7. The number of carbonyl (C=O) groups excluding carboxylic acids is 1. The lowest BCUT2D eigenvalue weighted by atomic mass is 9.80. The van der Waals surface area contributed by atoms with Gasteiger partial charge in [-0.2, -0.15) is 0 Å². The van der Waals surface area contributed by atoms with Crippen molar-refractivity contribution in [2.24, 2.45) is 0 Å². The lowest BCUT2D eigenvalue weighted by Crippen LogP contribution is -2.40. The molecule has 0 spiro atoms. The molecule has 1 aliphatic rings. The average molecular weight is 489 g/mol. The second-order valence-electron chi connectivity index (χ2n) is 9.00. The first-order valence-electron chi connectivity index (χ1n) is 12.7. The van der Waals surface area contributed by atoms with Gasteiger partial charge in [0, 0.05) is 13.2 Å². The topological polar surface area (TPSA) is 68.8 Å². The molecule has 1 heterocycles. The standard InChI is InChI=1S/C30H36N2O4/c1-34-26-16-12-24(13-17-26)30(23-9-4-3-5-10-23,25-14-18-27(35-2)19-15-25)36-22-7-6-20-32-29(33)28-11-8-21-31-28/h3-5,9-10,12-19,28,31H,6-8,11,20-22H2,1-2H3,(H,32,33). The molecule has 6 heteroatoms. The molecular formula is C30H36N2O4. The summed E-state index contributed by atoms with van der Waals surface area (Å²) in [5, 5.41) is 6.30. The van der Waals surface area contributed by atoms with Gasteiger partial charge in [0.1, 0.15) is 17.1 Å². The molecular weight excluding hydrogens is 452 g/mol. The van der Waals surface area contributed by atoms with Crippen LogP contribution in [0.5, 0.6) is 11.5 Å². The summed E-state index contributed by atoms with van der Waals surface area (Å²) in [7, 11) is 3.34. The van der Waals surface area contributed by atoms with Crippen LogP contribution in [0.1, 0.15) is 42.4 Å². The van der Waals surface area contributed by atoms with E-state index in [1.807, 2.05) is 42.5 Å². The van der Waals surface area contributed by atoms with Crippen LogP contribution < -0.4 is 20.1 Å². The molecule has 2 N–H and O–H groups in total. The first-order chi connectivity index (χ1) is 17.7. The molecule has 1 aliphatic heterocycles. The van der Waals surface area contributed by atoms with Gasteiger partial charge in [-0.1, -0.05) is 54.6 Å². The summed E-state index contributed by atoms with van der Waals surface area (Å²) in [6, 6.07) is 26.3. The van der Waals surface area contributed by atoms with Crippen molar-refractivity contribution in [3.8, 4) is 11.5 Å². The predicted molar refractivity (Wildman–Crippen MR) is 142 cm³/mol. The minimum atomic E-state index is -0.809. The van der Waals surface area contributed by atoms with Crippen LogP contribution in [-0.4, -0.2) is 45.9 Å². The molecule has 3 aromatic rings. The van der Waals surface area contributed by atoms with E-state index in [4.69, 9.17) is 14.2 Å². The molecule has 1 saturated heterocycles. The Morgan fingerprint density at radius 3 is 1.97 bits per heavy atom. The smallest absolute Gasteiger partial charge is 0.237 e. The zero-order chi connectivity index (χ0) is 25.2. The molecule has 6 nitrogen and oxygen atoms in total. The van der Waals surface area contributed by atoms with Crippen molar-refractivity contribution in [2.75, 3.05) is 33.9 Å². The number of amides is 1. The van der Waals surface area contributed by atoms with Gasteiger partial charge < -0.3 is 24.8 Å². The molecule has 1 fully saturated rings. The highest BCUT2D eigenvalue weighted by Gasteiger charge is 2.37. The first kappa shape index (κ1) is 25.7. The Kier molecular flexibility index (Phi) is 8.98. The lowest BCUT2D eigenvalue weighted by molar-refractivity contribution is -0.122. The SMILES string of the molecule is COc1ccc(C(OCCCCNC(=O)C2CCCN2)(c2ccccc2)c2ccc(OC)cc2)cc1. The monoisotopic (exact) mass is 488 g/mol. The Hall–Kier alpha value is -3.35. The summed E-state index contributed by atoms with van der Waals surface area (Å²) in [4.78, 5) is 12.3. The van der Waals surface area contributed by atoms with E-state index in [1.165, 1.54) is 0 Å². The molecule has 1 atom stereocenters. The number of hydrogen-bond donors (Lipinski definition) is 2. The predicted octanol–water partition coefficient (Wildman–Crippen LogP) is 4.66. The summed E-state index contributed by atoms with van der Waals surface area (Å²) in [5.74, 6) is 1.69. The van der Waals surface area contributed by atoms with Gasteiger partial charge in [-0.15, -0.1) is 0 Å². The number of nitrogens with one attached hydrogen (secondary N) is 2. The van der Waals surface area contributed by atoms with Crippen molar-refractivity contribution in [1.29, 1.82) is 0 Å². The number of benzene rings is 3. The first-order valence-corrected chi connectivity index (χ1v) is 12.7. The van der Waals surface area contributed by atoms with Crippen LogP contribution in [0, 0.1) is 0 Å². The largest absolute Gasteiger partial charge is 0.497 e. The summed E-state index contributed by atoms with van der Waals surface area (Å²) in [6.07, 6.45) is 3.64. The Morgan fingerprint density at radius 1 is 0.861 bits per heavy atom. The maximum Gasteiger partial charge on any atom is 0.237 e. The van der Waals surface area contributed by atoms with E-state index in [-0.39, 0.29) is 11.9 Å². The molecule has 36 heavy (non-hydrogen) atoms. The second kappa shape index (κ2) is 12.6. The normalized spacial score (nSPS) is 15.4. The molecule has 4 rings (SSSR count). The van der Waals surface area contributed by atoms with Crippen LogP contribution in [0.3, 0.4) is 0 Å². The number of hydrogen-bond acceptors (Lipinski definition) is 5. The average Bonchev–Trinajstić information content (AvgIpc) is 3.49. The van der Waals surface area contributed by atoms with E-state index in [0.29, 0.717) is 13.2 Å². The van der Waals surface area contributed by atoms with Gasteiger partial charge in [-0.25, -0.2) is 0 Å². The van der Waals surface area contributed by atoms with Crippen molar-refractivity contribution in [2.45, 2.75) is 37.3 Å². The van der Waals surface area contributed by atoms with Gasteiger partial charge in [0.15, 0.2) is 0 Å². The molecule has 1 unspecified atom stereocenters. The fraction of sp³-hybridized carbons (Fsp3) is 0.367. The summed E-state index contributed by atoms with van der Waals surface area (Å²) in [6.45, 7) is 2.10. The van der Waals surface area contributed by atoms with Crippen molar-refractivity contribution in [3.05, 3.63) is 95.6 Å². The van der Waals surface area contributed by atoms with Crippen LogP contribution in [0.25, 0.3) is 0 Å². The van der Waals surface area contributed by atoms with Gasteiger partial charge in [0.05, 0.1) is 20.3 Å². The quantitative estimate of drug-likeness (QED) is 0.287. The molecule has 190 valence electrons. The molecule has 0 aliphatic carbocycles. The maximum absolute atomic E-state index is 12.3. The highest BCUT2D eigenvalue weighted by Crippen LogP contribution is 2.41. The van der Waals surface area contributed by atoms with E-state index in [9.17, 15) is 4.79 Å². The number of ether oxygens (including phenoxy) is 3. The lowest BCUT2D eigenvalue weighted by Gasteiger charge is -2.36. The van der Waals surface area contributed by atoms with Crippen molar-refractivity contribution in [3.63, 3.8) is 0 Å².